The Morgan fingerprint density at radius 1 is 0.913 bits per heavy atom. The first-order valence-electron chi connectivity index (χ1n) is 7.16. The number of nitrogens with zero attached hydrogens (tertiary/aromatic N) is 3. The Balaban J connectivity index is 2.15. The second-order valence-electron chi connectivity index (χ2n) is 5.12. The van der Waals surface area contributed by atoms with Gasteiger partial charge in [0.25, 0.3) is 5.56 Å². The molecule has 0 N–H and O–H groups in total. The van der Waals surface area contributed by atoms with Crippen molar-refractivity contribution in [2.75, 3.05) is 0 Å². The molecule has 4 nitrogen and oxygen atoms in total. The fourth-order valence-electron chi connectivity index (χ4n) is 2.66. The topological polar surface area (TPSA) is 39.3 Å². The molecule has 0 saturated carbocycles. The molecule has 0 atom stereocenters. The first-order chi connectivity index (χ1) is 11.3. The van der Waals surface area contributed by atoms with Crippen molar-refractivity contribution in [1.82, 2.24) is 14.2 Å². The lowest BCUT2D eigenvalue weighted by atomic mass is 10.1. The van der Waals surface area contributed by atoms with Gasteiger partial charge in [0.05, 0.1) is 11.4 Å². The molecule has 0 unspecified atom stereocenters. The Labute approximate surface area is 140 Å². The van der Waals surface area contributed by atoms with E-state index in [0.29, 0.717) is 10.1 Å². The fourth-order valence-corrected chi connectivity index (χ4v) is 2.93. The van der Waals surface area contributed by atoms with Gasteiger partial charge in [-0.05, 0) is 28.1 Å². The van der Waals surface area contributed by atoms with E-state index in [0.717, 1.165) is 16.9 Å². The summed E-state index contributed by atoms with van der Waals surface area (Å²) in [6, 6.07) is 21.7. The molecule has 0 radical (unpaired) electrons. The van der Waals surface area contributed by atoms with Crippen molar-refractivity contribution in [3.05, 3.63) is 87.8 Å². The third-order valence-corrected chi connectivity index (χ3v) is 4.23. The quantitative estimate of drug-likeness (QED) is 0.540. The maximum Gasteiger partial charge on any atom is 0.287 e. The van der Waals surface area contributed by atoms with E-state index in [1.165, 1.54) is 0 Å². The number of para-hydroxylation sites is 1. The van der Waals surface area contributed by atoms with Crippen LogP contribution in [0.25, 0.3) is 22.6 Å². The van der Waals surface area contributed by atoms with Crippen LogP contribution in [0.3, 0.4) is 0 Å². The van der Waals surface area contributed by atoms with Crippen molar-refractivity contribution >= 4 is 21.6 Å². The smallest absolute Gasteiger partial charge is 0.266 e. The summed E-state index contributed by atoms with van der Waals surface area (Å²) in [5, 5.41) is 0. The number of benzene rings is 2. The average molecular weight is 366 g/mol. The first kappa shape index (κ1) is 14.0. The summed E-state index contributed by atoms with van der Waals surface area (Å²) < 4.78 is 3.91. The van der Waals surface area contributed by atoms with E-state index in [-0.39, 0.29) is 5.56 Å². The number of hydrogen-bond acceptors (Lipinski definition) is 2. The summed E-state index contributed by atoms with van der Waals surface area (Å²) >= 11 is 3.28. The van der Waals surface area contributed by atoms with Crippen LogP contribution in [0.5, 0.6) is 0 Å². The molecular formula is C18H12BrN3O. The molecule has 5 heteroatoms. The molecule has 2 aromatic heterocycles. The van der Waals surface area contributed by atoms with E-state index in [2.05, 4.69) is 20.9 Å². The lowest BCUT2D eigenvalue weighted by Crippen LogP contribution is -2.21. The molecule has 0 bridgehead atoms. The molecule has 112 valence electrons. The summed E-state index contributed by atoms with van der Waals surface area (Å²) in [5.74, 6) is 0. The minimum absolute atomic E-state index is 0.138. The maximum absolute atomic E-state index is 12.6. The van der Waals surface area contributed by atoms with E-state index < -0.39 is 0 Å². The highest BCUT2D eigenvalue weighted by Gasteiger charge is 2.15. The molecule has 0 spiro atoms. The number of hydrogen-bond donors (Lipinski definition) is 0. The molecule has 0 aliphatic heterocycles. The van der Waals surface area contributed by atoms with Gasteiger partial charge in [0.1, 0.15) is 4.47 Å². The van der Waals surface area contributed by atoms with Gasteiger partial charge in [-0.1, -0.05) is 48.5 Å². The minimum atomic E-state index is -0.138. The van der Waals surface area contributed by atoms with Crippen LogP contribution in [-0.2, 0) is 0 Å². The van der Waals surface area contributed by atoms with Gasteiger partial charge < -0.3 is 0 Å². The van der Waals surface area contributed by atoms with E-state index in [1.807, 2.05) is 71.4 Å². The van der Waals surface area contributed by atoms with Gasteiger partial charge in [0.2, 0.25) is 0 Å². The summed E-state index contributed by atoms with van der Waals surface area (Å²) in [5.41, 5.74) is 3.32. The predicted octanol–water partition coefficient (Wildman–Crippen LogP) is 3.91. The van der Waals surface area contributed by atoms with E-state index >= 15 is 0 Å². The lowest BCUT2D eigenvalue weighted by molar-refractivity contribution is 0.766. The van der Waals surface area contributed by atoms with E-state index in [1.54, 1.807) is 10.7 Å². The highest BCUT2D eigenvalue weighted by Crippen LogP contribution is 2.25. The lowest BCUT2D eigenvalue weighted by Gasteiger charge is -2.11. The van der Waals surface area contributed by atoms with Gasteiger partial charge in [-0.15, -0.1) is 0 Å². The monoisotopic (exact) mass is 365 g/mol. The molecular weight excluding hydrogens is 354 g/mol. The van der Waals surface area contributed by atoms with Crippen LogP contribution < -0.4 is 5.56 Å². The Bertz CT molecular complexity index is 1040. The Morgan fingerprint density at radius 3 is 2.26 bits per heavy atom. The highest BCUT2D eigenvalue weighted by molar-refractivity contribution is 9.10. The summed E-state index contributed by atoms with van der Waals surface area (Å²) in [4.78, 5) is 17.0. The third kappa shape index (κ3) is 2.29. The molecule has 0 aliphatic carbocycles. The molecule has 0 saturated heterocycles. The highest BCUT2D eigenvalue weighted by atomic mass is 79.9. The van der Waals surface area contributed by atoms with Crippen LogP contribution in [0.15, 0.2) is 82.2 Å². The number of halogens is 1. The zero-order chi connectivity index (χ0) is 15.8. The molecule has 2 heterocycles. The molecule has 2 aromatic carbocycles. The normalized spacial score (nSPS) is 11.0. The Kier molecular flexibility index (Phi) is 3.35. The van der Waals surface area contributed by atoms with Crippen LogP contribution in [0, 0.1) is 0 Å². The minimum Gasteiger partial charge on any atom is -0.266 e. The van der Waals surface area contributed by atoms with Gasteiger partial charge in [0.15, 0.2) is 5.65 Å². The molecule has 0 aliphatic rings. The van der Waals surface area contributed by atoms with E-state index in [4.69, 9.17) is 0 Å². The van der Waals surface area contributed by atoms with Crippen LogP contribution >= 0.6 is 15.9 Å². The summed E-state index contributed by atoms with van der Waals surface area (Å²) in [6.07, 6.45) is 1.54. The molecule has 4 rings (SSSR count). The van der Waals surface area contributed by atoms with Gasteiger partial charge in [0, 0.05) is 17.8 Å². The zero-order valence-corrected chi connectivity index (χ0v) is 13.6. The second-order valence-corrected chi connectivity index (χ2v) is 5.98. The fraction of sp³-hybridized carbons (Fsp3) is 0. The van der Waals surface area contributed by atoms with Gasteiger partial charge in [-0.25, -0.2) is 9.67 Å². The first-order valence-corrected chi connectivity index (χ1v) is 7.95. The van der Waals surface area contributed by atoms with Gasteiger partial charge >= 0.3 is 0 Å². The van der Waals surface area contributed by atoms with Crippen molar-refractivity contribution in [2.45, 2.75) is 0 Å². The summed E-state index contributed by atoms with van der Waals surface area (Å²) in [7, 11) is 0. The maximum atomic E-state index is 12.6. The molecule has 0 amide bonds. The van der Waals surface area contributed by atoms with Crippen molar-refractivity contribution in [3.63, 3.8) is 0 Å². The molecule has 0 fully saturated rings. The van der Waals surface area contributed by atoms with Crippen LogP contribution in [0.2, 0.25) is 0 Å². The number of fused-ring (bicyclic) bond motifs is 1. The van der Waals surface area contributed by atoms with E-state index in [9.17, 15) is 4.79 Å². The second kappa shape index (κ2) is 5.52. The van der Waals surface area contributed by atoms with Crippen LogP contribution in [-0.4, -0.2) is 14.2 Å². The number of rotatable bonds is 2. The SMILES string of the molecule is O=c1c(Br)cnc2cc(-c3ccccc3)n(-c3ccccc3)n12. The molecule has 4 aromatic rings. The average Bonchev–Trinajstić information content (AvgIpc) is 3.00. The summed E-state index contributed by atoms with van der Waals surface area (Å²) in [6.45, 7) is 0. The molecule has 23 heavy (non-hydrogen) atoms. The zero-order valence-electron chi connectivity index (χ0n) is 12.1. The largest absolute Gasteiger partial charge is 0.287 e. The van der Waals surface area contributed by atoms with Crippen molar-refractivity contribution < 1.29 is 0 Å². The predicted molar refractivity (Wildman–Crippen MR) is 93.9 cm³/mol. The Morgan fingerprint density at radius 2 is 1.57 bits per heavy atom. The van der Waals surface area contributed by atoms with Crippen molar-refractivity contribution in [3.8, 4) is 16.9 Å². The van der Waals surface area contributed by atoms with Gasteiger partial charge in [-0.3, -0.25) is 4.79 Å². The van der Waals surface area contributed by atoms with Crippen LogP contribution in [0.1, 0.15) is 0 Å². The van der Waals surface area contributed by atoms with Gasteiger partial charge in [-0.2, -0.15) is 4.52 Å². The Hall–Kier alpha value is -2.66. The standard InChI is InChI=1S/C18H12BrN3O/c19-15-12-20-17-11-16(13-7-3-1-4-8-13)21(22(17)18(15)23)14-9-5-2-6-10-14/h1-12H. The third-order valence-electron chi connectivity index (χ3n) is 3.69. The van der Waals surface area contributed by atoms with Crippen molar-refractivity contribution in [1.29, 1.82) is 0 Å². The number of aromatic nitrogens is 3. The van der Waals surface area contributed by atoms with Crippen molar-refractivity contribution in [2.24, 2.45) is 0 Å². The van der Waals surface area contributed by atoms with Crippen LogP contribution in [0.4, 0.5) is 0 Å².